The molecule has 5 nitrogen and oxygen atoms in total. The van der Waals surface area contributed by atoms with E-state index in [1.54, 1.807) is 13.0 Å². The van der Waals surface area contributed by atoms with Crippen molar-refractivity contribution in [3.05, 3.63) is 57.8 Å². The zero-order valence-corrected chi connectivity index (χ0v) is 19.5. The van der Waals surface area contributed by atoms with Gasteiger partial charge in [0.1, 0.15) is 22.6 Å². The van der Waals surface area contributed by atoms with E-state index in [1.807, 2.05) is 0 Å². The number of anilines is 1. The highest BCUT2D eigenvalue weighted by Gasteiger charge is 2.47. The maximum atomic E-state index is 15.1. The average molecular weight is 474 g/mol. The Balaban J connectivity index is 1.72. The molecular formula is C24H23ClF3N5. The Morgan fingerprint density at radius 1 is 1.18 bits per heavy atom. The summed E-state index contributed by atoms with van der Waals surface area (Å²) in [5, 5.41) is 13.3. The number of nitriles is 1. The number of nitrogens with zero attached hydrogens (tertiary/aromatic N) is 4. The highest BCUT2D eigenvalue weighted by atomic mass is 35.5. The Morgan fingerprint density at radius 2 is 1.88 bits per heavy atom. The summed E-state index contributed by atoms with van der Waals surface area (Å²) < 4.78 is 44.8. The molecule has 1 aliphatic rings. The van der Waals surface area contributed by atoms with Crippen molar-refractivity contribution in [3.63, 3.8) is 0 Å². The van der Waals surface area contributed by atoms with E-state index in [-0.39, 0.29) is 17.3 Å². The van der Waals surface area contributed by atoms with Crippen LogP contribution in [0.2, 0.25) is 5.15 Å². The molecule has 0 radical (unpaired) electrons. The Kier molecular flexibility index (Phi) is 5.52. The van der Waals surface area contributed by atoms with Crippen molar-refractivity contribution in [2.45, 2.75) is 58.4 Å². The molecule has 1 aromatic carbocycles. The molecule has 33 heavy (non-hydrogen) atoms. The monoisotopic (exact) mass is 473 g/mol. The summed E-state index contributed by atoms with van der Waals surface area (Å²) in [6.07, 6.45) is 1.37. The third-order valence-electron chi connectivity index (χ3n) is 6.04. The molecule has 4 rings (SSSR count). The quantitative estimate of drug-likeness (QED) is 0.432. The van der Waals surface area contributed by atoms with Crippen LogP contribution in [0.25, 0.3) is 11.0 Å². The van der Waals surface area contributed by atoms with Gasteiger partial charge < -0.3 is 5.32 Å². The van der Waals surface area contributed by atoms with Crippen LogP contribution in [0.4, 0.5) is 19.0 Å². The topological polar surface area (TPSA) is 74.5 Å². The molecule has 0 saturated heterocycles. The number of nitrogens with one attached hydrogen (secondary N) is 1. The van der Waals surface area contributed by atoms with Crippen molar-refractivity contribution in [1.82, 2.24) is 15.0 Å². The van der Waals surface area contributed by atoms with Crippen LogP contribution in [0.3, 0.4) is 0 Å². The predicted octanol–water partition coefficient (Wildman–Crippen LogP) is 6.43. The molecular weight excluding hydrogens is 451 g/mol. The largest absolute Gasteiger partial charge is 0.365 e. The number of hydrogen-bond acceptors (Lipinski definition) is 5. The molecule has 3 aromatic rings. The highest BCUT2D eigenvalue weighted by molar-refractivity contribution is 6.30. The first-order chi connectivity index (χ1) is 15.4. The maximum absolute atomic E-state index is 15.1. The summed E-state index contributed by atoms with van der Waals surface area (Å²) in [4.78, 5) is 13.1. The molecule has 0 unspecified atom stereocenters. The minimum atomic E-state index is -3.35. The molecule has 1 saturated carbocycles. The van der Waals surface area contributed by atoms with Crippen molar-refractivity contribution in [2.75, 3.05) is 5.32 Å². The predicted molar refractivity (Wildman–Crippen MR) is 121 cm³/mol. The fourth-order valence-electron chi connectivity index (χ4n) is 3.72. The Bertz CT molecular complexity index is 1290. The van der Waals surface area contributed by atoms with Gasteiger partial charge in [-0.15, -0.1) is 0 Å². The van der Waals surface area contributed by atoms with E-state index >= 15 is 4.39 Å². The van der Waals surface area contributed by atoms with E-state index in [4.69, 9.17) is 11.6 Å². The molecule has 0 aliphatic heterocycles. The summed E-state index contributed by atoms with van der Waals surface area (Å²) >= 11 is 6.34. The molecule has 0 atom stereocenters. The minimum absolute atomic E-state index is 0.0766. The first kappa shape index (κ1) is 23.2. The van der Waals surface area contributed by atoms with Gasteiger partial charge in [-0.05, 0) is 25.8 Å². The van der Waals surface area contributed by atoms with Gasteiger partial charge in [0.25, 0.3) is 5.92 Å². The molecule has 2 heterocycles. The SMILES string of the molecule is Cc1nc(NCc2cccc(C(F)(F)C(C)(C)C)c2F)c2cc(C3(C#N)CC3)c(Cl)nc2n1. The number of alkyl halides is 2. The molecule has 1 aliphatic carbocycles. The second kappa shape index (κ2) is 7.84. The van der Waals surface area contributed by atoms with E-state index < -0.39 is 28.1 Å². The first-order valence-electron chi connectivity index (χ1n) is 10.6. The minimum Gasteiger partial charge on any atom is -0.365 e. The lowest BCUT2D eigenvalue weighted by atomic mass is 9.83. The van der Waals surface area contributed by atoms with Crippen LogP contribution >= 0.6 is 11.6 Å². The van der Waals surface area contributed by atoms with Crippen LogP contribution in [0.15, 0.2) is 24.3 Å². The molecule has 2 aromatic heterocycles. The van der Waals surface area contributed by atoms with Gasteiger partial charge in [0.05, 0.1) is 22.4 Å². The van der Waals surface area contributed by atoms with Gasteiger partial charge >= 0.3 is 0 Å². The fraction of sp³-hybridized carbons (Fsp3) is 0.417. The second-order valence-corrected chi connectivity index (χ2v) is 9.83. The summed E-state index contributed by atoms with van der Waals surface area (Å²) in [6.45, 7) is 5.72. The van der Waals surface area contributed by atoms with Gasteiger partial charge in [-0.1, -0.05) is 50.6 Å². The lowest BCUT2D eigenvalue weighted by Gasteiger charge is -2.31. The van der Waals surface area contributed by atoms with Crippen LogP contribution in [-0.2, 0) is 17.9 Å². The van der Waals surface area contributed by atoms with Crippen LogP contribution < -0.4 is 5.32 Å². The van der Waals surface area contributed by atoms with Crippen molar-refractivity contribution in [2.24, 2.45) is 5.41 Å². The van der Waals surface area contributed by atoms with E-state index in [2.05, 4.69) is 26.3 Å². The van der Waals surface area contributed by atoms with Crippen molar-refractivity contribution in [1.29, 1.82) is 5.26 Å². The molecule has 1 N–H and O–H groups in total. The summed E-state index contributed by atoms with van der Waals surface area (Å²) in [7, 11) is 0. The Hall–Kier alpha value is -2.92. The highest BCUT2D eigenvalue weighted by Crippen LogP contribution is 2.50. The van der Waals surface area contributed by atoms with Crippen LogP contribution in [0.1, 0.15) is 56.1 Å². The summed E-state index contributed by atoms with van der Waals surface area (Å²) in [6, 6.07) is 8.02. The van der Waals surface area contributed by atoms with E-state index in [0.29, 0.717) is 41.1 Å². The number of pyridine rings is 1. The summed E-state index contributed by atoms with van der Waals surface area (Å²) in [5.41, 5.74) is -1.73. The zero-order chi connectivity index (χ0) is 24.2. The number of aromatic nitrogens is 3. The van der Waals surface area contributed by atoms with Gasteiger partial charge in [0.15, 0.2) is 5.65 Å². The normalized spacial score (nSPS) is 15.4. The number of aryl methyl sites for hydroxylation is 1. The van der Waals surface area contributed by atoms with Gasteiger partial charge in [-0.2, -0.15) is 5.26 Å². The lowest BCUT2D eigenvalue weighted by molar-refractivity contribution is -0.107. The van der Waals surface area contributed by atoms with Gasteiger partial charge in [-0.3, -0.25) is 0 Å². The van der Waals surface area contributed by atoms with E-state index in [9.17, 15) is 14.0 Å². The lowest BCUT2D eigenvalue weighted by Crippen LogP contribution is -2.32. The Labute approximate surface area is 195 Å². The fourth-order valence-corrected chi connectivity index (χ4v) is 4.04. The second-order valence-electron chi connectivity index (χ2n) is 9.47. The summed E-state index contributed by atoms with van der Waals surface area (Å²) in [5.74, 6) is -3.53. The van der Waals surface area contributed by atoms with Crippen molar-refractivity contribution >= 4 is 28.5 Å². The molecule has 0 bridgehead atoms. The van der Waals surface area contributed by atoms with Gasteiger partial charge in [0, 0.05) is 23.1 Å². The van der Waals surface area contributed by atoms with E-state index in [0.717, 1.165) is 6.07 Å². The average Bonchev–Trinajstić information content (AvgIpc) is 3.52. The maximum Gasteiger partial charge on any atom is 0.280 e. The third kappa shape index (κ3) is 3.99. The number of fused-ring (bicyclic) bond motifs is 1. The number of rotatable bonds is 5. The van der Waals surface area contributed by atoms with Crippen molar-refractivity contribution < 1.29 is 13.2 Å². The smallest absolute Gasteiger partial charge is 0.280 e. The van der Waals surface area contributed by atoms with E-state index in [1.165, 1.54) is 32.9 Å². The number of benzene rings is 1. The zero-order valence-electron chi connectivity index (χ0n) is 18.7. The standard InChI is InChI=1S/C24H23ClF3N5/c1-13-31-20(15-10-17(23(12-29)8-9-23)19(25)33-21(15)32-13)30-11-14-6-5-7-16(18(14)26)24(27,28)22(2,3)4/h5-7,10H,8-9,11H2,1-4H3,(H,30,31,32,33). The van der Waals surface area contributed by atoms with Crippen LogP contribution in [0.5, 0.6) is 0 Å². The van der Waals surface area contributed by atoms with Gasteiger partial charge in [-0.25, -0.2) is 28.1 Å². The van der Waals surface area contributed by atoms with Crippen LogP contribution in [0, 0.1) is 29.5 Å². The molecule has 1 fully saturated rings. The first-order valence-corrected chi connectivity index (χ1v) is 10.9. The Morgan fingerprint density at radius 3 is 2.48 bits per heavy atom. The third-order valence-corrected chi connectivity index (χ3v) is 6.33. The van der Waals surface area contributed by atoms with Crippen molar-refractivity contribution in [3.8, 4) is 6.07 Å². The molecule has 0 spiro atoms. The number of halogens is 4. The number of hydrogen-bond donors (Lipinski definition) is 1. The molecule has 172 valence electrons. The molecule has 9 heteroatoms. The molecule has 0 amide bonds. The van der Waals surface area contributed by atoms with Crippen LogP contribution in [-0.4, -0.2) is 15.0 Å². The van der Waals surface area contributed by atoms with Gasteiger partial charge in [0.2, 0.25) is 0 Å².